The summed E-state index contributed by atoms with van der Waals surface area (Å²) in [6, 6.07) is 15.4. The zero-order valence-electron chi connectivity index (χ0n) is 17.0. The molecule has 0 unspecified atom stereocenters. The van der Waals surface area contributed by atoms with Crippen molar-refractivity contribution in [2.24, 2.45) is 0 Å². The van der Waals surface area contributed by atoms with Crippen LogP contribution in [0.2, 0.25) is 0 Å². The van der Waals surface area contributed by atoms with Gasteiger partial charge in [-0.3, -0.25) is 14.9 Å². The van der Waals surface area contributed by atoms with E-state index in [9.17, 15) is 14.4 Å². The fourth-order valence-corrected chi connectivity index (χ4v) is 4.04. The number of halogens is 1. The second-order valence-electron chi connectivity index (χ2n) is 7.08. The van der Waals surface area contributed by atoms with E-state index in [1.54, 1.807) is 31.2 Å². The number of carbonyl (C=O) groups is 3. The van der Waals surface area contributed by atoms with E-state index in [1.807, 2.05) is 30.3 Å². The van der Waals surface area contributed by atoms with Crippen molar-refractivity contribution in [2.45, 2.75) is 6.92 Å². The zero-order valence-corrected chi connectivity index (χ0v) is 18.6. The van der Waals surface area contributed by atoms with E-state index in [0.29, 0.717) is 22.6 Å². The molecule has 0 radical (unpaired) electrons. The monoisotopic (exact) mass is 488 g/mol. The minimum absolute atomic E-state index is 0.0252. The van der Waals surface area contributed by atoms with E-state index in [2.05, 4.69) is 27.2 Å². The Morgan fingerprint density at radius 2 is 1.91 bits per heavy atom. The fraction of sp³-hybridized carbons (Fsp3) is 0.0800. The molecule has 1 aliphatic rings. The van der Waals surface area contributed by atoms with Crippen LogP contribution in [0.4, 0.5) is 10.5 Å². The second kappa shape index (κ2) is 8.69. The standard InChI is InChI=1S/C25H17BrN2O4/c1-3-12-32-22-11-8-16-6-4-5-7-18(16)19(22)14-20-23(29)27-25(31)28(24(20)30)21-10-9-17(26)13-15(21)2/h1,4-11,13-14H,12H2,2H3,(H,27,29,31)/b20-14-. The first kappa shape index (κ1) is 21.3. The third-order valence-corrected chi connectivity index (χ3v) is 5.53. The summed E-state index contributed by atoms with van der Waals surface area (Å²) < 4.78 is 6.47. The van der Waals surface area contributed by atoms with Crippen molar-refractivity contribution in [1.29, 1.82) is 0 Å². The molecule has 7 heteroatoms. The van der Waals surface area contributed by atoms with Gasteiger partial charge in [-0.05, 0) is 53.6 Å². The van der Waals surface area contributed by atoms with E-state index in [-0.39, 0.29) is 12.2 Å². The number of anilines is 1. The highest BCUT2D eigenvalue weighted by molar-refractivity contribution is 9.10. The topological polar surface area (TPSA) is 75.7 Å². The average Bonchev–Trinajstić information content (AvgIpc) is 2.76. The van der Waals surface area contributed by atoms with Crippen LogP contribution in [-0.2, 0) is 9.59 Å². The number of terminal acetylenes is 1. The number of nitrogens with zero attached hydrogens (tertiary/aromatic N) is 1. The van der Waals surface area contributed by atoms with E-state index in [4.69, 9.17) is 11.2 Å². The van der Waals surface area contributed by atoms with Crippen molar-refractivity contribution in [3.05, 3.63) is 75.8 Å². The van der Waals surface area contributed by atoms with Gasteiger partial charge in [0, 0.05) is 10.0 Å². The predicted molar refractivity (Wildman–Crippen MR) is 126 cm³/mol. The fourth-order valence-electron chi connectivity index (χ4n) is 3.56. The number of imide groups is 2. The molecule has 32 heavy (non-hydrogen) atoms. The minimum Gasteiger partial charge on any atom is -0.480 e. The predicted octanol–water partition coefficient (Wildman–Crippen LogP) is 4.59. The van der Waals surface area contributed by atoms with Gasteiger partial charge in [0.1, 0.15) is 17.9 Å². The average molecular weight is 489 g/mol. The van der Waals surface area contributed by atoms with Crippen molar-refractivity contribution in [2.75, 3.05) is 11.5 Å². The molecule has 158 valence electrons. The highest BCUT2D eigenvalue weighted by atomic mass is 79.9. The summed E-state index contributed by atoms with van der Waals surface area (Å²) in [5.41, 5.74) is 1.42. The maximum atomic E-state index is 13.3. The Labute approximate surface area is 193 Å². The molecule has 1 heterocycles. The summed E-state index contributed by atoms with van der Waals surface area (Å²) >= 11 is 3.37. The lowest BCUT2D eigenvalue weighted by atomic mass is 9.99. The minimum atomic E-state index is -0.802. The molecule has 4 amide bonds. The van der Waals surface area contributed by atoms with Gasteiger partial charge in [-0.15, -0.1) is 6.42 Å². The first-order chi connectivity index (χ1) is 15.4. The van der Waals surface area contributed by atoms with Gasteiger partial charge in [-0.25, -0.2) is 9.69 Å². The highest BCUT2D eigenvalue weighted by Gasteiger charge is 2.37. The Kier molecular flexibility index (Phi) is 5.80. The van der Waals surface area contributed by atoms with Gasteiger partial charge in [0.05, 0.1) is 5.69 Å². The summed E-state index contributed by atoms with van der Waals surface area (Å²) in [6.45, 7) is 1.80. The van der Waals surface area contributed by atoms with Crippen molar-refractivity contribution < 1.29 is 19.1 Å². The number of hydrogen-bond donors (Lipinski definition) is 1. The molecule has 0 bridgehead atoms. The van der Waals surface area contributed by atoms with E-state index in [1.165, 1.54) is 6.08 Å². The van der Waals surface area contributed by atoms with Crippen LogP contribution >= 0.6 is 15.9 Å². The quantitative estimate of drug-likeness (QED) is 0.331. The lowest BCUT2D eigenvalue weighted by molar-refractivity contribution is -0.122. The van der Waals surface area contributed by atoms with Crippen LogP contribution in [0.15, 0.2) is 64.6 Å². The molecule has 3 aromatic rings. The smallest absolute Gasteiger partial charge is 0.335 e. The number of aryl methyl sites for hydroxylation is 1. The van der Waals surface area contributed by atoms with Crippen molar-refractivity contribution in [1.82, 2.24) is 5.32 Å². The summed E-state index contributed by atoms with van der Waals surface area (Å²) in [6.07, 6.45) is 6.78. The van der Waals surface area contributed by atoms with Crippen LogP contribution in [0.1, 0.15) is 11.1 Å². The Morgan fingerprint density at radius 3 is 2.66 bits per heavy atom. The van der Waals surface area contributed by atoms with Crippen LogP contribution in [0.3, 0.4) is 0 Å². The number of rotatable bonds is 4. The number of nitrogens with one attached hydrogen (secondary N) is 1. The zero-order chi connectivity index (χ0) is 22.8. The molecule has 3 aromatic carbocycles. The van der Waals surface area contributed by atoms with E-state index in [0.717, 1.165) is 20.1 Å². The summed E-state index contributed by atoms with van der Waals surface area (Å²) in [5.74, 6) is 1.34. The van der Waals surface area contributed by atoms with Gasteiger partial charge < -0.3 is 4.74 Å². The molecule has 0 saturated carbocycles. The normalized spacial score (nSPS) is 15.1. The number of urea groups is 1. The van der Waals surface area contributed by atoms with Crippen molar-refractivity contribution in [3.63, 3.8) is 0 Å². The van der Waals surface area contributed by atoms with E-state index >= 15 is 0 Å². The van der Waals surface area contributed by atoms with Gasteiger partial charge in [0.15, 0.2) is 0 Å². The maximum Gasteiger partial charge on any atom is 0.335 e. The molecule has 0 spiro atoms. The third kappa shape index (κ3) is 3.88. The molecular weight excluding hydrogens is 472 g/mol. The Hall–Kier alpha value is -3.89. The molecule has 4 rings (SSSR count). The van der Waals surface area contributed by atoms with Crippen molar-refractivity contribution in [3.8, 4) is 18.1 Å². The molecular formula is C25H17BrN2O4. The molecule has 0 aliphatic carbocycles. The summed E-state index contributed by atoms with van der Waals surface area (Å²) in [4.78, 5) is 39.5. The number of carbonyl (C=O) groups excluding carboxylic acids is 3. The largest absolute Gasteiger partial charge is 0.480 e. The lowest BCUT2D eigenvalue weighted by Gasteiger charge is -2.27. The van der Waals surface area contributed by atoms with E-state index < -0.39 is 17.8 Å². The van der Waals surface area contributed by atoms with Gasteiger partial charge in [0.2, 0.25) is 0 Å². The molecule has 1 N–H and O–H groups in total. The van der Waals surface area contributed by atoms with Crippen LogP contribution in [0.5, 0.6) is 5.75 Å². The number of benzene rings is 3. The molecule has 0 aromatic heterocycles. The molecule has 6 nitrogen and oxygen atoms in total. The number of amides is 4. The molecule has 0 atom stereocenters. The highest BCUT2D eigenvalue weighted by Crippen LogP contribution is 2.32. The second-order valence-corrected chi connectivity index (χ2v) is 8.00. The van der Waals surface area contributed by atoms with Gasteiger partial charge in [-0.1, -0.05) is 52.2 Å². The molecule has 1 fully saturated rings. The first-order valence-electron chi connectivity index (χ1n) is 9.66. The van der Waals surface area contributed by atoms with Crippen LogP contribution in [-0.4, -0.2) is 24.5 Å². The molecule has 1 aliphatic heterocycles. The number of hydrogen-bond acceptors (Lipinski definition) is 4. The Bertz CT molecular complexity index is 1350. The van der Waals surface area contributed by atoms with Crippen LogP contribution < -0.4 is 15.0 Å². The Balaban J connectivity index is 1.87. The Morgan fingerprint density at radius 1 is 1.12 bits per heavy atom. The third-order valence-electron chi connectivity index (χ3n) is 5.03. The first-order valence-corrected chi connectivity index (χ1v) is 10.5. The molecule has 1 saturated heterocycles. The van der Waals surface area contributed by atoms with Crippen LogP contribution in [0, 0.1) is 19.3 Å². The SMILES string of the molecule is C#CCOc1ccc2ccccc2c1/C=C1/C(=O)NC(=O)N(c2ccc(Br)cc2C)C1=O. The van der Waals surface area contributed by atoms with Crippen LogP contribution in [0.25, 0.3) is 16.8 Å². The van der Waals surface area contributed by atoms with Crippen molar-refractivity contribution >= 4 is 56.3 Å². The number of ether oxygens (including phenoxy) is 1. The van der Waals surface area contributed by atoms with Gasteiger partial charge in [0.25, 0.3) is 11.8 Å². The number of fused-ring (bicyclic) bond motifs is 1. The van der Waals surface area contributed by atoms with Gasteiger partial charge in [-0.2, -0.15) is 0 Å². The lowest BCUT2D eigenvalue weighted by Crippen LogP contribution is -2.54. The number of barbiturate groups is 1. The summed E-state index contributed by atoms with van der Waals surface area (Å²) in [5, 5.41) is 3.93. The maximum absolute atomic E-state index is 13.3. The van der Waals surface area contributed by atoms with Gasteiger partial charge >= 0.3 is 6.03 Å². The summed E-state index contributed by atoms with van der Waals surface area (Å²) in [7, 11) is 0.